The third-order valence-electron chi connectivity index (χ3n) is 2.40. The summed E-state index contributed by atoms with van der Waals surface area (Å²) in [6.45, 7) is -1.70. The molecule has 0 unspecified atom stereocenters. The lowest BCUT2D eigenvalue weighted by molar-refractivity contribution is -0.187. The average Bonchev–Trinajstić information content (AvgIpc) is 2.44. The zero-order chi connectivity index (χ0) is 15.9. The van der Waals surface area contributed by atoms with Crippen LogP contribution in [0.2, 0.25) is 0 Å². The molecule has 0 heterocycles. The highest BCUT2D eigenvalue weighted by atomic mass is 35.5. The average molecular weight is 324 g/mol. The molecule has 0 bridgehead atoms. The summed E-state index contributed by atoms with van der Waals surface area (Å²) in [5.74, 6) is -2.23. The molecule has 1 aromatic rings. The summed E-state index contributed by atoms with van der Waals surface area (Å²) < 4.78 is 40.3. The molecule has 1 aromatic carbocycles. The van der Waals surface area contributed by atoms with Gasteiger partial charge in [-0.2, -0.15) is 13.2 Å². The van der Waals surface area contributed by atoms with Gasteiger partial charge in [0.25, 0.3) is 0 Å². The van der Waals surface area contributed by atoms with Crippen LogP contribution in [0.3, 0.4) is 0 Å². The van der Waals surface area contributed by atoms with Crippen molar-refractivity contribution in [2.45, 2.75) is 18.6 Å². The van der Waals surface area contributed by atoms with E-state index in [1.54, 1.807) is 30.3 Å². The quantitative estimate of drug-likeness (QED) is 0.644. The lowest BCUT2D eigenvalue weighted by Crippen LogP contribution is -2.44. The van der Waals surface area contributed by atoms with Crippen molar-refractivity contribution >= 4 is 23.5 Å². The SMILES string of the molecule is O=C(CCl)N[C@@H](Cc1ccccc1)C(=O)OCC(F)(F)F. The van der Waals surface area contributed by atoms with Crippen LogP contribution in [0.4, 0.5) is 13.2 Å². The fraction of sp³-hybridized carbons (Fsp3) is 0.385. The van der Waals surface area contributed by atoms with E-state index in [0.29, 0.717) is 5.56 Å². The minimum absolute atomic E-state index is 0.0140. The maximum atomic E-state index is 12.0. The molecule has 0 saturated heterocycles. The summed E-state index contributed by atoms with van der Waals surface area (Å²) in [6.07, 6.45) is -4.61. The molecule has 4 nitrogen and oxygen atoms in total. The maximum Gasteiger partial charge on any atom is 0.422 e. The van der Waals surface area contributed by atoms with Crippen molar-refractivity contribution in [3.63, 3.8) is 0 Å². The molecule has 21 heavy (non-hydrogen) atoms. The smallest absolute Gasteiger partial charge is 0.422 e. The molecule has 116 valence electrons. The van der Waals surface area contributed by atoms with Crippen molar-refractivity contribution in [3.05, 3.63) is 35.9 Å². The lowest BCUT2D eigenvalue weighted by Gasteiger charge is -2.18. The molecule has 1 N–H and O–H groups in total. The number of nitrogens with one attached hydrogen (secondary N) is 1. The summed E-state index contributed by atoms with van der Waals surface area (Å²) in [6, 6.07) is 7.29. The van der Waals surface area contributed by atoms with Crippen LogP contribution in [-0.4, -0.2) is 36.6 Å². The fourth-order valence-corrected chi connectivity index (χ4v) is 1.61. The van der Waals surface area contributed by atoms with Gasteiger partial charge in [0.05, 0.1) is 0 Å². The number of halogens is 4. The molecular weight excluding hydrogens is 311 g/mol. The molecule has 0 saturated carbocycles. The van der Waals surface area contributed by atoms with Gasteiger partial charge >= 0.3 is 12.1 Å². The first-order chi connectivity index (χ1) is 9.81. The van der Waals surface area contributed by atoms with Crippen LogP contribution in [0, 0.1) is 0 Å². The first-order valence-corrected chi connectivity index (χ1v) is 6.48. The Bertz CT molecular complexity index is 479. The molecule has 0 fully saturated rings. The minimum atomic E-state index is -4.62. The fourth-order valence-electron chi connectivity index (χ4n) is 1.53. The van der Waals surface area contributed by atoms with E-state index in [0.717, 1.165) is 0 Å². The van der Waals surface area contributed by atoms with Gasteiger partial charge in [-0.25, -0.2) is 4.79 Å². The maximum absolute atomic E-state index is 12.0. The molecule has 0 aromatic heterocycles. The Morgan fingerprint density at radius 1 is 1.24 bits per heavy atom. The van der Waals surface area contributed by atoms with Crippen LogP contribution < -0.4 is 5.32 Å². The highest BCUT2D eigenvalue weighted by Gasteiger charge is 2.32. The number of benzene rings is 1. The number of ether oxygens (including phenoxy) is 1. The molecule has 0 aliphatic heterocycles. The van der Waals surface area contributed by atoms with E-state index in [9.17, 15) is 22.8 Å². The Morgan fingerprint density at radius 3 is 2.38 bits per heavy atom. The van der Waals surface area contributed by atoms with Gasteiger partial charge in [-0.05, 0) is 5.56 Å². The molecular formula is C13H13ClF3NO3. The normalized spacial score (nSPS) is 12.6. The summed E-state index contributed by atoms with van der Waals surface area (Å²) >= 11 is 5.31. The molecule has 0 aliphatic carbocycles. The first kappa shape index (κ1) is 17.3. The van der Waals surface area contributed by atoms with Crippen LogP contribution in [-0.2, 0) is 20.7 Å². The Kier molecular flexibility index (Phi) is 6.48. The monoisotopic (exact) mass is 323 g/mol. The molecule has 1 atom stereocenters. The van der Waals surface area contributed by atoms with Crippen molar-refractivity contribution in [2.24, 2.45) is 0 Å². The number of carbonyl (C=O) groups is 2. The van der Waals surface area contributed by atoms with E-state index in [-0.39, 0.29) is 6.42 Å². The van der Waals surface area contributed by atoms with Gasteiger partial charge in [0.15, 0.2) is 6.61 Å². The van der Waals surface area contributed by atoms with E-state index < -0.39 is 36.6 Å². The Hall–Kier alpha value is -1.76. The van der Waals surface area contributed by atoms with Crippen LogP contribution in [0.1, 0.15) is 5.56 Å². The Balaban J connectivity index is 2.72. The summed E-state index contributed by atoms with van der Waals surface area (Å²) in [4.78, 5) is 22.9. The van der Waals surface area contributed by atoms with Crippen molar-refractivity contribution in [2.75, 3.05) is 12.5 Å². The van der Waals surface area contributed by atoms with Gasteiger partial charge in [0, 0.05) is 6.42 Å². The second-order valence-electron chi connectivity index (χ2n) is 4.17. The zero-order valence-electron chi connectivity index (χ0n) is 10.8. The van der Waals surface area contributed by atoms with Gasteiger partial charge in [0.1, 0.15) is 11.9 Å². The summed E-state index contributed by atoms with van der Waals surface area (Å²) in [5.41, 5.74) is 0.668. The second kappa shape index (κ2) is 7.87. The second-order valence-corrected chi connectivity index (χ2v) is 4.43. The number of esters is 1. The van der Waals surface area contributed by atoms with Crippen molar-refractivity contribution in [1.29, 1.82) is 0 Å². The largest absolute Gasteiger partial charge is 0.454 e. The summed E-state index contributed by atoms with van der Waals surface area (Å²) in [5, 5.41) is 2.24. The predicted octanol–water partition coefficient (Wildman–Crippen LogP) is 2.06. The number of carbonyl (C=O) groups excluding carboxylic acids is 2. The van der Waals surface area contributed by atoms with Crippen LogP contribution in [0.5, 0.6) is 0 Å². The van der Waals surface area contributed by atoms with Gasteiger partial charge in [-0.15, -0.1) is 11.6 Å². The van der Waals surface area contributed by atoms with E-state index in [1.165, 1.54) is 0 Å². The highest BCUT2D eigenvalue weighted by molar-refractivity contribution is 6.27. The van der Waals surface area contributed by atoms with Crippen LogP contribution in [0.15, 0.2) is 30.3 Å². The number of rotatable bonds is 6. The minimum Gasteiger partial charge on any atom is -0.454 e. The molecule has 1 amide bonds. The van der Waals surface area contributed by atoms with Gasteiger partial charge in [-0.3, -0.25) is 4.79 Å². The standard InChI is InChI=1S/C13H13ClF3NO3/c14-7-11(19)18-10(6-9-4-2-1-3-5-9)12(20)21-8-13(15,16)17/h1-5,10H,6-8H2,(H,18,19)/t10-/m0/s1. The Morgan fingerprint density at radius 2 is 1.86 bits per heavy atom. The first-order valence-electron chi connectivity index (χ1n) is 5.94. The van der Waals surface area contributed by atoms with Gasteiger partial charge in [0.2, 0.25) is 5.91 Å². The van der Waals surface area contributed by atoms with Crippen molar-refractivity contribution in [3.8, 4) is 0 Å². The van der Waals surface area contributed by atoms with Crippen molar-refractivity contribution < 1.29 is 27.5 Å². The number of alkyl halides is 4. The molecule has 0 aliphatic rings. The highest BCUT2D eigenvalue weighted by Crippen LogP contribution is 2.15. The van der Waals surface area contributed by atoms with Gasteiger partial charge in [-0.1, -0.05) is 30.3 Å². The van der Waals surface area contributed by atoms with Crippen LogP contribution >= 0.6 is 11.6 Å². The Labute approximate surface area is 124 Å². The zero-order valence-corrected chi connectivity index (χ0v) is 11.6. The number of amides is 1. The molecule has 0 radical (unpaired) electrons. The third kappa shape index (κ3) is 6.99. The predicted molar refractivity (Wildman–Crippen MR) is 69.8 cm³/mol. The number of hydrogen-bond acceptors (Lipinski definition) is 3. The van der Waals surface area contributed by atoms with E-state index in [4.69, 9.17) is 11.6 Å². The lowest BCUT2D eigenvalue weighted by atomic mass is 10.1. The van der Waals surface area contributed by atoms with Crippen molar-refractivity contribution in [1.82, 2.24) is 5.32 Å². The molecule has 1 rings (SSSR count). The molecule has 0 spiro atoms. The summed E-state index contributed by atoms with van der Waals surface area (Å²) in [7, 11) is 0. The van der Waals surface area contributed by atoms with Gasteiger partial charge < -0.3 is 10.1 Å². The van der Waals surface area contributed by atoms with E-state index >= 15 is 0 Å². The molecule has 8 heteroatoms. The number of hydrogen-bond donors (Lipinski definition) is 1. The third-order valence-corrected chi connectivity index (χ3v) is 2.64. The topological polar surface area (TPSA) is 55.4 Å². The van der Waals surface area contributed by atoms with E-state index in [2.05, 4.69) is 10.1 Å². The van der Waals surface area contributed by atoms with Crippen LogP contribution in [0.25, 0.3) is 0 Å². The van der Waals surface area contributed by atoms with E-state index in [1.807, 2.05) is 0 Å².